The van der Waals surface area contributed by atoms with Crippen molar-refractivity contribution in [2.45, 2.75) is 185 Å². The number of carbonyl (C=O) groups is 4. The maximum Gasteiger partial charge on any atom is 0.307 e. The highest BCUT2D eigenvalue weighted by Gasteiger charge is 2.51. The predicted molar refractivity (Wildman–Crippen MR) is 227 cm³/mol. The van der Waals surface area contributed by atoms with Crippen LogP contribution in [0, 0.1) is 29.6 Å². The average molecular weight is 841 g/mol. The monoisotopic (exact) mass is 840 g/mol. The highest BCUT2D eigenvalue weighted by Crippen LogP contribution is 2.49. The predicted octanol–water partition coefficient (Wildman–Crippen LogP) is 7.93. The third-order valence-electron chi connectivity index (χ3n) is 13.8. The topological polar surface area (TPSA) is 160 Å². The van der Waals surface area contributed by atoms with Crippen molar-refractivity contribution in [1.82, 2.24) is 10.6 Å². The first-order valence-corrected chi connectivity index (χ1v) is 33.7. The Morgan fingerprint density at radius 2 is 1.16 bits per heavy atom. The molecule has 0 saturated heterocycles. The third-order valence-corrected chi connectivity index (χ3v) is 29.9. The van der Waals surface area contributed by atoms with Gasteiger partial charge in [0, 0.05) is 18.0 Å². The van der Waals surface area contributed by atoms with Crippen LogP contribution in [-0.2, 0) is 32.1 Å². The summed E-state index contributed by atoms with van der Waals surface area (Å²) in [4.78, 5) is 50.9. The number of carboxylic acids is 2. The lowest BCUT2D eigenvalue weighted by atomic mass is 9.77. The molecule has 0 spiro atoms. The molecule has 0 aromatic carbocycles. The maximum absolute atomic E-state index is 14.0. The van der Waals surface area contributed by atoms with E-state index in [1.165, 1.54) is 38.7 Å². The van der Waals surface area contributed by atoms with Gasteiger partial charge < -0.3 is 33.8 Å². The molecule has 4 aliphatic rings. The second-order valence-corrected chi connectivity index (χ2v) is 37.6. The zero-order chi connectivity index (χ0) is 40.9. The van der Waals surface area contributed by atoms with Crippen LogP contribution in [-0.4, -0.2) is 98.6 Å². The van der Waals surface area contributed by atoms with E-state index in [1.54, 1.807) is 0 Å². The number of nitrogens with one attached hydrogen (secondary N) is 2. The Morgan fingerprint density at radius 3 is 1.73 bits per heavy atom. The minimum Gasteiger partial charge on any atom is -0.481 e. The first kappa shape index (κ1) is 46.5. The highest BCUT2D eigenvalue weighted by molar-refractivity contribution is 6.86. The first-order chi connectivity index (χ1) is 25.5. The summed E-state index contributed by atoms with van der Waals surface area (Å²) in [6.07, 6.45) is 12.7. The van der Waals surface area contributed by atoms with E-state index >= 15 is 0 Å². The fourth-order valence-electron chi connectivity index (χ4n) is 11.1. The van der Waals surface area contributed by atoms with Crippen molar-refractivity contribution in [3.05, 3.63) is 0 Å². The van der Waals surface area contributed by atoms with E-state index in [-0.39, 0.29) is 34.9 Å². The van der Waals surface area contributed by atoms with Crippen molar-refractivity contribution in [1.29, 1.82) is 0 Å². The molecule has 4 saturated carbocycles. The molecule has 0 aromatic rings. The fraction of sp³-hybridized carbons (Fsp3) is 0.900. The number of Topliss-reactive ketones (excluding diaryl/α,β-unsaturated/α-hetero) is 1. The normalized spacial score (nSPS) is 32.8. The fourth-order valence-corrected chi connectivity index (χ4v) is 30.2. The van der Waals surface area contributed by atoms with E-state index in [2.05, 4.69) is 70.1 Å². The van der Waals surface area contributed by atoms with E-state index in [1.807, 2.05) is 0 Å². The summed E-state index contributed by atoms with van der Waals surface area (Å²) in [6, 6.07) is 1.77. The zero-order valence-corrected chi connectivity index (χ0v) is 39.8. The first-order valence-electron chi connectivity index (χ1n) is 21.5. The summed E-state index contributed by atoms with van der Waals surface area (Å²) >= 11 is 0. The van der Waals surface area contributed by atoms with Crippen molar-refractivity contribution < 1.29 is 42.4 Å². The average Bonchev–Trinajstić information content (AvgIpc) is 3.09. The Bertz CT molecular complexity index is 1350. The standard InChI is InChI=1S/C40H76N2O9Si4/c1-27(43)36-23-32(17-19-34(36)39(45)46)54(7,8)51-55(9,10)33-18-20-35(40(47)48)37(24-33)38(44)42-30-15-12-16-31(22-30)49-26-53(5,6)50-52(3,4)25-28-13-11-14-29(21-28)41-2/h28-37,41H,11-26H2,1-10H3,(H,42,44)(H,45,46)(H,47,48). The van der Waals surface area contributed by atoms with Gasteiger partial charge >= 0.3 is 11.9 Å². The van der Waals surface area contributed by atoms with Crippen molar-refractivity contribution >= 4 is 56.9 Å². The van der Waals surface area contributed by atoms with Crippen molar-refractivity contribution in [3.8, 4) is 0 Å². The van der Waals surface area contributed by atoms with Gasteiger partial charge in [0.2, 0.25) is 5.91 Å². The SMILES string of the molecule is CNC1CCCC(C[Si](C)(C)O[Si](C)(C)COC2CCCC(NC(=O)C3CC([Si](C)(C)O[Si](C)(C)C4CCC(C(=O)O)C(C(C)=O)C4)CCC3C(=O)O)C2)C1. The molecule has 55 heavy (non-hydrogen) atoms. The number of ketones is 1. The van der Waals surface area contributed by atoms with Gasteiger partial charge in [0.15, 0.2) is 33.3 Å². The van der Waals surface area contributed by atoms with Gasteiger partial charge in [0.1, 0.15) is 5.78 Å². The lowest BCUT2D eigenvalue weighted by Gasteiger charge is -2.47. The Kier molecular flexibility index (Phi) is 16.3. The number of hydrogen-bond donors (Lipinski definition) is 4. The van der Waals surface area contributed by atoms with Crippen LogP contribution in [0.5, 0.6) is 0 Å². The summed E-state index contributed by atoms with van der Waals surface area (Å²) in [6.45, 7) is 19.6. The smallest absolute Gasteiger partial charge is 0.307 e. The molecule has 0 aliphatic heterocycles. The Balaban J connectivity index is 1.32. The lowest BCUT2D eigenvalue weighted by Crippen LogP contribution is -2.54. The molecule has 4 rings (SSSR count). The zero-order valence-electron chi connectivity index (χ0n) is 35.8. The molecule has 0 radical (unpaired) electrons. The number of amides is 1. The number of hydrogen-bond acceptors (Lipinski definition) is 8. The maximum atomic E-state index is 14.0. The Hall–Kier alpha value is -1.21. The molecule has 4 fully saturated rings. The second kappa shape index (κ2) is 19.2. The third kappa shape index (κ3) is 13.1. The quantitative estimate of drug-likeness (QED) is 0.106. The van der Waals surface area contributed by atoms with Gasteiger partial charge in [0.25, 0.3) is 0 Å². The molecule has 4 aliphatic carbocycles. The minimum absolute atomic E-state index is 0.0448. The van der Waals surface area contributed by atoms with Crippen LogP contribution in [0.25, 0.3) is 0 Å². The molecular formula is C40H76N2O9Si4. The molecule has 11 nitrogen and oxygen atoms in total. The molecule has 1 amide bonds. The number of carboxylic acid groups (broad SMARTS) is 2. The molecular weight excluding hydrogens is 765 g/mol. The summed E-state index contributed by atoms with van der Waals surface area (Å²) in [5.41, 5.74) is 0.288. The molecule has 10 unspecified atom stereocenters. The highest BCUT2D eigenvalue weighted by atomic mass is 28.4. The summed E-state index contributed by atoms with van der Waals surface area (Å²) < 4.78 is 20.7. The molecule has 316 valence electrons. The molecule has 0 aromatic heterocycles. The number of rotatable bonds is 17. The van der Waals surface area contributed by atoms with E-state index in [9.17, 15) is 29.4 Å². The van der Waals surface area contributed by atoms with Gasteiger partial charge in [-0.2, -0.15) is 0 Å². The number of aliphatic carboxylic acids is 2. The van der Waals surface area contributed by atoms with Crippen LogP contribution in [0.15, 0.2) is 0 Å². The lowest BCUT2D eigenvalue weighted by molar-refractivity contribution is -0.149. The second-order valence-electron chi connectivity index (χ2n) is 20.2. The minimum atomic E-state index is -2.43. The summed E-state index contributed by atoms with van der Waals surface area (Å²) in [5.74, 6) is -3.76. The van der Waals surface area contributed by atoms with Crippen molar-refractivity contribution in [2.24, 2.45) is 29.6 Å². The number of carbonyl (C=O) groups excluding carboxylic acids is 2. The van der Waals surface area contributed by atoms with E-state index in [0.29, 0.717) is 44.4 Å². The molecule has 4 N–H and O–H groups in total. The Labute approximate surface area is 336 Å². The van der Waals surface area contributed by atoms with Gasteiger partial charge in [-0.1, -0.05) is 12.8 Å². The summed E-state index contributed by atoms with van der Waals surface area (Å²) in [7, 11) is -6.67. The summed E-state index contributed by atoms with van der Waals surface area (Å²) in [5, 5.41) is 26.8. The van der Waals surface area contributed by atoms with Crippen LogP contribution in [0.4, 0.5) is 0 Å². The van der Waals surface area contributed by atoms with Crippen LogP contribution in [0.2, 0.25) is 69.5 Å². The molecule has 15 heteroatoms. The van der Waals surface area contributed by atoms with E-state index in [0.717, 1.165) is 38.0 Å². The van der Waals surface area contributed by atoms with Gasteiger partial charge in [-0.25, -0.2) is 0 Å². The van der Waals surface area contributed by atoms with Crippen LogP contribution in [0.3, 0.4) is 0 Å². The van der Waals surface area contributed by atoms with Gasteiger partial charge in [-0.3, -0.25) is 19.2 Å². The molecule has 10 atom stereocenters. The van der Waals surface area contributed by atoms with Crippen LogP contribution >= 0.6 is 0 Å². The van der Waals surface area contributed by atoms with Gasteiger partial charge in [0.05, 0.1) is 30.1 Å². The van der Waals surface area contributed by atoms with Crippen LogP contribution < -0.4 is 10.6 Å². The van der Waals surface area contributed by atoms with Gasteiger partial charge in [-0.05, 0) is 166 Å². The van der Waals surface area contributed by atoms with Crippen LogP contribution in [0.1, 0.15) is 96.8 Å². The van der Waals surface area contributed by atoms with E-state index in [4.69, 9.17) is 13.0 Å². The molecule has 0 bridgehead atoms. The van der Waals surface area contributed by atoms with Crippen molar-refractivity contribution in [2.75, 3.05) is 13.3 Å². The largest absolute Gasteiger partial charge is 0.481 e. The van der Waals surface area contributed by atoms with Crippen molar-refractivity contribution in [3.63, 3.8) is 0 Å². The Morgan fingerprint density at radius 1 is 0.618 bits per heavy atom. The molecule has 0 heterocycles. The van der Waals surface area contributed by atoms with E-state index < -0.39 is 68.9 Å². The van der Waals surface area contributed by atoms with Gasteiger partial charge in [-0.15, -0.1) is 0 Å². The number of ether oxygens (including phenoxy) is 1.